The summed E-state index contributed by atoms with van der Waals surface area (Å²) in [6.07, 6.45) is -4.50. The van der Waals surface area contributed by atoms with Crippen LogP contribution in [0.2, 0.25) is 0 Å². The maximum atomic E-state index is 13.1. The number of benzene rings is 2. The average Bonchev–Trinajstić information content (AvgIpc) is 2.96. The van der Waals surface area contributed by atoms with E-state index in [2.05, 4.69) is 11.9 Å². The molecule has 2 atom stereocenters. The number of amides is 2. The maximum Gasteiger partial charge on any atom is 0.416 e. The van der Waals surface area contributed by atoms with Crippen molar-refractivity contribution in [2.75, 3.05) is 18.9 Å². The molecule has 2 amide bonds. The van der Waals surface area contributed by atoms with Crippen LogP contribution in [0, 0.1) is 5.92 Å². The van der Waals surface area contributed by atoms with Crippen molar-refractivity contribution in [1.82, 2.24) is 4.90 Å². The molecule has 1 aliphatic heterocycles. The molecule has 0 aromatic heterocycles. The van der Waals surface area contributed by atoms with Gasteiger partial charge in [-0.05, 0) is 30.2 Å². The summed E-state index contributed by atoms with van der Waals surface area (Å²) in [5.41, 5.74) is 1.49. The summed E-state index contributed by atoms with van der Waals surface area (Å²) >= 11 is 0. The third kappa shape index (κ3) is 4.18. The largest absolute Gasteiger partial charge is 0.416 e. The van der Waals surface area contributed by atoms with Crippen molar-refractivity contribution in [3.05, 3.63) is 71.8 Å². The number of nitrogens with zero attached hydrogens (tertiary/aromatic N) is 1. The van der Waals surface area contributed by atoms with Gasteiger partial charge in [-0.15, -0.1) is 0 Å². The van der Waals surface area contributed by atoms with Crippen molar-refractivity contribution in [1.29, 1.82) is 0 Å². The second-order valence-electron chi connectivity index (χ2n) is 7.24. The van der Waals surface area contributed by atoms with Gasteiger partial charge < -0.3 is 10.2 Å². The van der Waals surface area contributed by atoms with Gasteiger partial charge in [-0.25, -0.2) is 0 Å². The van der Waals surface area contributed by atoms with E-state index in [1.54, 1.807) is 31.2 Å². The molecule has 7 heteroatoms. The van der Waals surface area contributed by atoms with Crippen molar-refractivity contribution < 1.29 is 22.8 Å². The molecular weight excluding hydrogens is 381 g/mol. The molecule has 1 saturated heterocycles. The Kier molecular flexibility index (Phi) is 5.50. The van der Waals surface area contributed by atoms with Gasteiger partial charge in [0, 0.05) is 30.8 Å². The van der Waals surface area contributed by atoms with Crippen LogP contribution in [-0.4, -0.2) is 30.3 Å². The number of likely N-dealkylation sites (tertiary alicyclic amines) is 1. The minimum atomic E-state index is -4.50. The zero-order chi connectivity index (χ0) is 21.3. The fraction of sp³-hybridized carbons (Fsp3) is 0.273. The first-order valence-electron chi connectivity index (χ1n) is 9.07. The van der Waals surface area contributed by atoms with Crippen LogP contribution in [-0.2, 0) is 15.8 Å². The first-order chi connectivity index (χ1) is 13.6. The summed E-state index contributed by atoms with van der Waals surface area (Å²) < 4.78 is 39.3. The van der Waals surface area contributed by atoms with E-state index in [1.807, 2.05) is 0 Å². The SMILES string of the molecule is C=C(C)c1ccccc1NC(=O)[C@H]1C(=O)N(C)C[C@@H]1c1cccc(C(F)(F)F)c1. The molecule has 0 unspecified atom stereocenters. The van der Waals surface area contributed by atoms with E-state index in [9.17, 15) is 22.8 Å². The van der Waals surface area contributed by atoms with Gasteiger partial charge in [0.05, 0.1) is 5.56 Å². The second-order valence-corrected chi connectivity index (χ2v) is 7.24. The molecule has 1 fully saturated rings. The number of rotatable bonds is 4. The highest BCUT2D eigenvalue weighted by molar-refractivity contribution is 6.09. The molecule has 152 valence electrons. The molecule has 3 rings (SSSR count). The maximum absolute atomic E-state index is 13.1. The van der Waals surface area contributed by atoms with Gasteiger partial charge in [-0.1, -0.05) is 43.0 Å². The van der Waals surface area contributed by atoms with Gasteiger partial charge in [0.2, 0.25) is 11.8 Å². The number of likely N-dealkylation sites (N-methyl/N-ethyl adjacent to an activating group) is 1. The number of hydrogen-bond donors (Lipinski definition) is 1. The van der Waals surface area contributed by atoms with Crippen LogP contribution in [0.3, 0.4) is 0 Å². The predicted molar refractivity (Wildman–Crippen MR) is 105 cm³/mol. The first kappa shape index (κ1) is 20.6. The van der Waals surface area contributed by atoms with E-state index in [0.29, 0.717) is 11.3 Å². The second kappa shape index (κ2) is 7.73. The first-order valence-corrected chi connectivity index (χ1v) is 9.07. The van der Waals surface area contributed by atoms with Gasteiger partial charge in [0.1, 0.15) is 5.92 Å². The van der Waals surface area contributed by atoms with Crippen molar-refractivity contribution in [3.63, 3.8) is 0 Å². The lowest BCUT2D eigenvalue weighted by molar-refractivity contribution is -0.137. The Morgan fingerprint density at radius 1 is 1.17 bits per heavy atom. The Balaban J connectivity index is 1.93. The zero-order valence-electron chi connectivity index (χ0n) is 16.1. The highest BCUT2D eigenvalue weighted by Gasteiger charge is 2.45. The van der Waals surface area contributed by atoms with E-state index in [-0.39, 0.29) is 6.54 Å². The number of halogens is 3. The van der Waals surface area contributed by atoms with E-state index >= 15 is 0 Å². The van der Waals surface area contributed by atoms with Gasteiger partial charge >= 0.3 is 6.18 Å². The minimum Gasteiger partial charge on any atom is -0.344 e. The smallest absolute Gasteiger partial charge is 0.344 e. The van der Waals surface area contributed by atoms with Gasteiger partial charge in [-0.3, -0.25) is 9.59 Å². The Labute approximate surface area is 167 Å². The van der Waals surface area contributed by atoms with E-state index in [0.717, 1.165) is 23.3 Å². The van der Waals surface area contributed by atoms with Crippen molar-refractivity contribution in [2.45, 2.75) is 19.0 Å². The van der Waals surface area contributed by atoms with Crippen LogP contribution in [0.4, 0.5) is 18.9 Å². The summed E-state index contributed by atoms with van der Waals surface area (Å²) in [5.74, 6) is -2.75. The third-order valence-corrected chi connectivity index (χ3v) is 5.08. The average molecular weight is 402 g/mol. The molecular formula is C22H21F3N2O2. The quantitative estimate of drug-likeness (QED) is 0.763. The molecule has 0 saturated carbocycles. The summed E-state index contributed by atoms with van der Waals surface area (Å²) in [6.45, 7) is 5.84. The lowest BCUT2D eigenvalue weighted by atomic mass is 9.87. The Morgan fingerprint density at radius 2 is 1.86 bits per heavy atom. The lowest BCUT2D eigenvalue weighted by Gasteiger charge is -2.19. The molecule has 0 aliphatic carbocycles. The summed E-state index contributed by atoms with van der Waals surface area (Å²) in [6, 6.07) is 11.9. The van der Waals surface area contributed by atoms with Crippen LogP contribution in [0.5, 0.6) is 0 Å². The topological polar surface area (TPSA) is 49.4 Å². The Hall–Kier alpha value is -3.09. The molecule has 2 aromatic rings. The number of para-hydroxylation sites is 1. The normalized spacial score (nSPS) is 19.3. The van der Waals surface area contributed by atoms with Crippen LogP contribution in [0.25, 0.3) is 5.57 Å². The Bertz CT molecular complexity index is 969. The monoisotopic (exact) mass is 402 g/mol. The van der Waals surface area contributed by atoms with Crippen LogP contribution in [0.1, 0.15) is 29.5 Å². The van der Waals surface area contributed by atoms with Gasteiger partial charge in [0.25, 0.3) is 0 Å². The van der Waals surface area contributed by atoms with Crippen LogP contribution >= 0.6 is 0 Å². The number of carbonyl (C=O) groups excluding carboxylic acids is 2. The molecule has 29 heavy (non-hydrogen) atoms. The molecule has 1 aliphatic rings. The van der Waals surface area contributed by atoms with E-state index in [4.69, 9.17) is 0 Å². The van der Waals surface area contributed by atoms with Crippen molar-refractivity contribution >= 4 is 23.1 Å². The van der Waals surface area contributed by atoms with Crippen LogP contribution in [0.15, 0.2) is 55.1 Å². The molecule has 0 spiro atoms. The molecule has 0 radical (unpaired) electrons. The highest BCUT2D eigenvalue weighted by atomic mass is 19.4. The van der Waals surface area contributed by atoms with E-state index < -0.39 is 35.4 Å². The number of anilines is 1. The Morgan fingerprint density at radius 3 is 2.52 bits per heavy atom. The number of alkyl halides is 3. The van der Waals surface area contributed by atoms with Gasteiger partial charge in [0.15, 0.2) is 0 Å². The third-order valence-electron chi connectivity index (χ3n) is 5.08. The molecule has 1 N–H and O–H groups in total. The van der Waals surface area contributed by atoms with E-state index in [1.165, 1.54) is 24.1 Å². The fourth-order valence-electron chi connectivity index (χ4n) is 3.61. The molecule has 0 bridgehead atoms. The molecule has 4 nitrogen and oxygen atoms in total. The predicted octanol–water partition coefficient (Wildman–Crippen LogP) is 4.55. The number of carbonyl (C=O) groups is 2. The van der Waals surface area contributed by atoms with Crippen molar-refractivity contribution in [2.24, 2.45) is 5.92 Å². The number of hydrogen-bond acceptors (Lipinski definition) is 2. The lowest BCUT2D eigenvalue weighted by Crippen LogP contribution is -2.33. The summed E-state index contributed by atoms with van der Waals surface area (Å²) in [5, 5.41) is 2.76. The highest BCUT2D eigenvalue weighted by Crippen LogP contribution is 2.37. The zero-order valence-corrected chi connectivity index (χ0v) is 16.1. The number of nitrogens with one attached hydrogen (secondary N) is 1. The molecule has 2 aromatic carbocycles. The van der Waals surface area contributed by atoms with Gasteiger partial charge in [-0.2, -0.15) is 13.2 Å². The molecule has 1 heterocycles. The summed E-state index contributed by atoms with van der Waals surface area (Å²) in [7, 11) is 1.54. The summed E-state index contributed by atoms with van der Waals surface area (Å²) in [4.78, 5) is 27.0. The number of allylic oxidation sites excluding steroid dienone is 1. The van der Waals surface area contributed by atoms with Crippen molar-refractivity contribution in [3.8, 4) is 0 Å². The standard InChI is InChI=1S/C22H21F3N2O2/c1-13(2)16-9-4-5-10-18(16)26-20(28)19-17(12-27(3)21(19)29)14-7-6-8-15(11-14)22(23,24)25/h4-11,17,19H,1,12H2,2-3H3,(H,26,28)/t17-,19+/m1/s1. The van der Waals surface area contributed by atoms with Crippen LogP contribution < -0.4 is 5.32 Å². The fourth-order valence-corrected chi connectivity index (χ4v) is 3.61. The minimum absolute atomic E-state index is 0.167.